The van der Waals surface area contributed by atoms with Gasteiger partial charge in [0, 0.05) is 37.1 Å². The molecule has 0 heterocycles. The average molecular weight is 375 g/mol. The van der Waals surface area contributed by atoms with E-state index in [9.17, 15) is 13.2 Å². The Morgan fingerprint density at radius 1 is 1.00 bits per heavy atom. The van der Waals surface area contributed by atoms with Crippen LogP contribution in [0.25, 0.3) is 0 Å². The Kier molecular flexibility index (Phi) is 6.39. The highest BCUT2D eigenvalue weighted by Gasteiger charge is 2.17. The first-order valence-electron chi connectivity index (χ1n) is 8.44. The fourth-order valence-electron chi connectivity index (χ4n) is 2.23. The van der Waals surface area contributed by atoms with E-state index in [0.29, 0.717) is 17.3 Å². The van der Waals surface area contributed by atoms with E-state index in [4.69, 9.17) is 0 Å². The van der Waals surface area contributed by atoms with Crippen LogP contribution in [0, 0.1) is 0 Å². The van der Waals surface area contributed by atoms with E-state index >= 15 is 0 Å². The molecule has 0 aliphatic carbocycles. The number of nitrogens with zero attached hydrogens (tertiary/aromatic N) is 1. The highest BCUT2D eigenvalue weighted by atomic mass is 32.2. The van der Waals surface area contributed by atoms with Crippen molar-refractivity contribution < 1.29 is 13.2 Å². The molecule has 0 saturated carbocycles. The Bertz CT molecular complexity index is 845. The van der Waals surface area contributed by atoms with E-state index < -0.39 is 10.0 Å². The maximum atomic E-state index is 12.3. The van der Waals surface area contributed by atoms with Crippen LogP contribution in [0.1, 0.15) is 30.6 Å². The zero-order chi connectivity index (χ0) is 19.3. The first-order chi connectivity index (χ1) is 12.2. The molecule has 2 rings (SSSR count). The van der Waals surface area contributed by atoms with Gasteiger partial charge < -0.3 is 10.6 Å². The summed E-state index contributed by atoms with van der Waals surface area (Å²) in [6.45, 7) is 4.22. The number of carbonyl (C=O) groups excluding carboxylic acids is 1. The van der Waals surface area contributed by atoms with Gasteiger partial charge >= 0.3 is 0 Å². The third-order valence-electron chi connectivity index (χ3n) is 4.06. The lowest BCUT2D eigenvalue weighted by Crippen LogP contribution is -2.22. The van der Waals surface area contributed by atoms with Gasteiger partial charge in [-0.2, -0.15) is 0 Å². The largest absolute Gasteiger partial charge is 0.383 e. The van der Waals surface area contributed by atoms with Crippen LogP contribution < -0.4 is 10.6 Å². The van der Waals surface area contributed by atoms with Gasteiger partial charge in [-0.05, 0) is 61.9 Å². The summed E-state index contributed by atoms with van der Waals surface area (Å²) in [5, 5.41) is 6.17. The second-order valence-corrected chi connectivity index (χ2v) is 8.45. The molecule has 2 N–H and O–H groups in total. The van der Waals surface area contributed by atoms with Gasteiger partial charge in [0.1, 0.15) is 0 Å². The van der Waals surface area contributed by atoms with Gasteiger partial charge in [0.25, 0.3) is 5.91 Å². The average Bonchev–Trinajstić information content (AvgIpc) is 2.63. The summed E-state index contributed by atoms with van der Waals surface area (Å²) in [5.74, 6) is -0.290. The van der Waals surface area contributed by atoms with E-state index in [2.05, 4.69) is 24.5 Å². The number of hydrogen-bond acceptors (Lipinski definition) is 4. The third-order valence-corrected chi connectivity index (χ3v) is 5.89. The Morgan fingerprint density at radius 2 is 1.54 bits per heavy atom. The minimum absolute atomic E-state index is 0.152. The summed E-state index contributed by atoms with van der Waals surface area (Å²) in [7, 11) is -0.565. The first kappa shape index (κ1) is 19.9. The Balaban J connectivity index is 2.06. The number of nitrogens with one attached hydrogen (secondary N) is 2. The molecule has 0 aliphatic heterocycles. The van der Waals surface area contributed by atoms with Crippen LogP contribution in [0.2, 0.25) is 0 Å². The number of benzene rings is 2. The fraction of sp³-hybridized carbons (Fsp3) is 0.316. The first-order valence-corrected chi connectivity index (χ1v) is 9.88. The minimum atomic E-state index is -3.50. The van der Waals surface area contributed by atoms with Gasteiger partial charge in [-0.3, -0.25) is 4.79 Å². The molecule has 26 heavy (non-hydrogen) atoms. The number of hydrogen-bond donors (Lipinski definition) is 2. The summed E-state index contributed by atoms with van der Waals surface area (Å²) in [5.41, 5.74) is 2.06. The normalized spacial score (nSPS) is 12.7. The van der Waals surface area contributed by atoms with Crippen molar-refractivity contribution >= 4 is 27.3 Å². The van der Waals surface area contributed by atoms with Crippen LogP contribution in [0.3, 0.4) is 0 Å². The smallest absolute Gasteiger partial charge is 0.255 e. The number of carbonyl (C=O) groups is 1. The van der Waals surface area contributed by atoms with E-state index in [1.54, 1.807) is 0 Å². The maximum Gasteiger partial charge on any atom is 0.255 e. The highest BCUT2D eigenvalue weighted by molar-refractivity contribution is 7.89. The van der Waals surface area contributed by atoms with Crippen molar-refractivity contribution in [3.05, 3.63) is 54.1 Å². The fourth-order valence-corrected chi connectivity index (χ4v) is 3.13. The van der Waals surface area contributed by atoms with E-state index in [-0.39, 0.29) is 10.8 Å². The molecule has 2 aromatic rings. The summed E-state index contributed by atoms with van der Waals surface area (Å²) in [4.78, 5) is 12.5. The molecular formula is C19H25N3O3S. The molecule has 0 aromatic heterocycles. The number of sulfonamides is 1. The second-order valence-electron chi connectivity index (χ2n) is 6.30. The van der Waals surface area contributed by atoms with Crippen LogP contribution in [-0.2, 0) is 10.0 Å². The van der Waals surface area contributed by atoms with Gasteiger partial charge in [-0.25, -0.2) is 12.7 Å². The summed E-state index contributed by atoms with van der Waals surface area (Å²) in [6, 6.07) is 13.7. The Labute approximate surface area is 155 Å². The molecule has 1 amide bonds. The van der Waals surface area contributed by atoms with Crippen molar-refractivity contribution in [3.8, 4) is 0 Å². The SMILES string of the molecule is CCC(C)Nc1ccc(NC(=O)c2ccc(S(=O)(=O)N(C)C)cc2)cc1. The molecule has 0 spiro atoms. The lowest BCUT2D eigenvalue weighted by atomic mass is 10.2. The third kappa shape index (κ3) is 4.83. The predicted octanol–water partition coefficient (Wildman–Crippen LogP) is 3.40. The summed E-state index contributed by atoms with van der Waals surface area (Å²) in [6.07, 6.45) is 1.03. The topological polar surface area (TPSA) is 78.5 Å². The van der Waals surface area contributed by atoms with Crippen LogP contribution >= 0.6 is 0 Å². The van der Waals surface area contributed by atoms with Gasteiger partial charge in [0.05, 0.1) is 4.90 Å². The minimum Gasteiger partial charge on any atom is -0.383 e. The number of amides is 1. The van der Waals surface area contributed by atoms with Crippen molar-refractivity contribution in [3.63, 3.8) is 0 Å². The molecule has 0 fully saturated rings. The predicted molar refractivity (Wildman–Crippen MR) is 105 cm³/mol. The maximum absolute atomic E-state index is 12.3. The molecule has 1 unspecified atom stereocenters. The molecule has 1 atom stereocenters. The van der Waals surface area contributed by atoms with Crippen molar-refractivity contribution in [1.82, 2.24) is 4.31 Å². The van der Waals surface area contributed by atoms with Crippen molar-refractivity contribution in [1.29, 1.82) is 0 Å². The van der Waals surface area contributed by atoms with Crippen LogP contribution in [-0.4, -0.2) is 38.8 Å². The molecule has 0 bridgehead atoms. The molecule has 6 nitrogen and oxygen atoms in total. The highest BCUT2D eigenvalue weighted by Crippen LogP contribution is 2.17. The van der Waals surface area contributed by atoms with Crippen LogP contribution in [0.5, 0.6) is 0 Å². The van der Waals surface area contributed by atoms with E-state index in [1.807, 2.05) is 24.3 Å². The van der Waals surface area contributed by atoms with Gasteiger partial charge in [-0.15, -0.1) is 0 Å². The molecule has 0 radical (unpaired) electrons. The molecule has 7 heteroatoms. The lowest BCUT2D eigenvalue weighted by molar-refractivity contribution is 0.102. The second kappa shape index (κ2) is 8.33. The monoisotopic (exact) mass is 375 g/mol. The standard InChI is InChI=1S/C19H25N3O3S/c1-5-14(2)20-16-8-10-17(11-9-16)21-19(23)15-6-12-18(13-7-15)26(24,25)22(3)4/h6-14,20H,5H2,1-4H3,(H,21,23). The lowest BCUT2D eigenvalue weighted by Gasteiger charge is -2.14. The van der Waals surface area contributed by atoms with Gasteiger partial charge in [-0.1, -0.05) is 6.92 Å². The summed E-state index contributed by atoms with van der Waals surface area (Å²) < 4.78 is 25.2. The van der Waals surface area contributed by atoms with Crippen LogP contribution in [0.15, 0.2) is 53.4 Å². The van der Waals surface area contributed by atoms with Crippen molar-refractivity contribution in [2.45, 2.75) is 31.2 Å². The molecule has 2 aromatic carbocycles. The molecule has 140 valence electrons. The van der Waals surface area contributed by atoms with Gasteiger partial charge in [0.15, 0.2) is 0 Å². The van der Waals surface area contributed by atoms with Crippen molar-refractivity contribution in [2.24, 2.45) is 0 Å². The zero-order valence-corrected chi connectivity index (χ0v) is 16.3. The van der Waals surface area contributed by atoms with Gasteiger partial charge in [0.2, 0.25) is 10.0 Å². The van der Waals surface area contributed by atoms with Crippen LogP contribution in [0.4, 0.5) is 11.4 Å². The Hall–Kier alpha value is -2.38. The van der Waals surface area contributed by atoms with E-state index in [0.717, 1.165) is 16.4 Å². The zero-order valence-electron chi connectivity index (χ0n) is 15.5. The molecular weight excluding hydrogens is 350 g/mol. The van der Waals surface area contributed by atoms with E-state index in [1.165, 1.54) is 38.4 Å². The van der Waals surface area contributed by atoms with Crippen molar-refractivity contribution in [2.75, 3.05) is 24.7 Å². The number of anilines is 2. The molecule has 0 saturated heterocycles. The number of rotatable bonds is 7. The Morgan fingerprint density at radius 3 is 2.04 bits per heavy atom. The quantitative estimate of drug-likeness (QED) is 0.777. The summed E-state index contributed by atoms with van der Waals surface area (Å²) >= 11 is 0. The molecule has 0 aliphatic rings.